The molecule has 4 nitrogen and oxygen atoms in total. The molecule has 4 heteroatoms. The summed E-state index contributed by atoms with van der Waals surface area (Å²) in [5.41, 5.74) is 3.78. The summed E-state index contributed by atoms with van der Waals surface area (Å²) in [4.78, 5) is 14.8. The number of rotatable bonds is 3. The Hall–Kier alpha value is -1.55. The predicted octanol–water partition coefficient (Wildman–Crippen LogP) is 3.37. The van der Waals surface area contributed by atoms with Crippen molar-refractivity contribution in [1.29, 1.82) is 0 Å². The molecule has 0 aliphatic carbocycles. The van der Waals surface area contributed by atoms with E-state index < -0.39 is 0 Å². The van der Waals surface area contributed by atoms with Gasteiger partial charge in [-0.1, -0.05) is 25.2 Å². The van der Waals surface area contributed by atoms with Gasteiger partial charge in [-0.15, -0.1) is 0 Å². The summed E-state index contributed by atoms with van der Waals surface area (Å²) in [7, 11) is 2.17. The van der Waals surface area contributed by atoms with Crippen molar-refractivity contribution in [3.63, 3.8) is 0 Å². The maximum Gasteiger partial charge on any atom is 0.271 e. The van der Waals surface area contributed by atoms with Gasteiger partial charge in [0.15, 0.2) is 0 Å². The highest BCUT2D eigenvalue weighted by Gasteiger charge is 2.32. The molecule has 1 N–H and O–H groups in total. The highest BCUT2D eigenvalue weighted by Crippen LogP contribution is 2.32. The first-order valence-electron chi connectivity index (χ1n) is 8.07. The first-order valence-corrected chi connectivity index (χ1v) is 8.07. The second kappa shape index (κ2) is 6.29. The SMILES string of the molecule is C=C(C)/C=C(/C)c1c(C)n(C2CC(C)N(C)CC2C)[nH]c1=O. The molecule has 0 spiro atoms. The van der Waals surface area contributed by atoms with Crippen LogP contribution in [-0.2, 0) is 0 Å². The number of hydrogen-bond donors (Lipinski definition) is 1. The van der Waals surface area contributed by atoms with Crippen molar-refractivity contribution < 1.29 is 0 Å². The minimum Gasteiger partial charge on any atom is -0.303 e. The Labute approximate surface area is 133 Å². The van der Waals surface area contributed by atoms with Gasteiger partial charge < -0.3 is 4.90 Å². The van der Waals surface area contributed by atoms with Gasteiger partial charge in [0.2, 0.25) is 0 Å². The molecule has 2 rings (SSSR count). The predicted molar refractivity (Wildman–Crippen MR) is 93.2 cm³/mol. The smallest absolute Gasteiger partial charge is 0.271 e. The zero-order valence-electron chi connectivity index (χ0n) is 14.7. The number of piperidine rings is 1. The number of nitrogens with one attached hydrogen (secondary N) is 1. The van der Waals surface area contributed by atoms with Gasteiger partial charge in [0.1, 0.15) is 0 Å². The molecule has 0 amide bonds. The lowest BCUT2D eigenvalue weighted by atomic mass is 9.89. The molecule has 0 saturated carbocycles. The minimum absolute atomic E-state index is 0.00582. The molecular formula is C18H29N3O. The molecule has 122 valence electrons. The Morgan fingerprint density at radius 1 is 1.36 bits per heavy atom. The molecule has 22 heavy (non-hydrogen) atoms. The largest absolute Gasteiger partial charge is 0.303 e. The zero-order chi connectivity index (χ0) is 16.6. The molecular weight excluding hydrogens is 274 g/mol. The summed E-state index contributed by atoms with van der Waals surface area (Å²) in [5.74, 6) is 0.515. The van der Waals surface area contributed by atoms with E-state index in [1.807, 2.05) is 26.8 Å². The van der Waals surface area contributed by atoms with E-state index in [1.54, 1.807) is 0 Å². The van der Waals surface area contributed by atoms with Crippen LogP contribution in [0.1, 0.15) is 51.4 Å². The zero-order valence-corrected chi connectivity index (χ0v) is 14.7. The van der Waals surface area contributed by atoms with Crippen LogP contribution in [0.25, 0.3) is 5.57 Å². The Morgan fingerprint density at radius 2 is 2.00 bits per heavy atom. The second-order valence-electron chi connectivity index (χ2n) is 7.01. The standard InChI is InChI=1S/C18H29N3O/c1-11(2)8-12(3)17-15(6)21(19-18(17)22)16-9-14(5)20(7)10-13(16)4/h8,13-14,16H,1,9-10H2,2-7H3,(H,19,22)/b12-8-. The molecule has 2 heterocycles. The Morgan fingerprint density at radius 3 is 2.59 bits per heavy atom. The lowest BCUT2D eigenvalue weighted by Gasteiger charge is -2.40. The fraction of sp³-hybridized carbons (Fsp3) is 0.611. The molecule has 3 unspecified atom stereocenters. The molecule has 0 aromatic carbocycles. The quantitative estimate of drug-likeness (QED) is 0.870. The normalized spacial score (nSPS) is 27.2. The van der Waals surface area contributed by atoms with E-state index in [1.165, 1.54) is 0 Å². The van der Waals surface area contributed by atoms with E-state index in [9.17, 15) is 4.79 Å². The summed E-state index contributed by atoms with van der Waals surface area (Å²) >= 11 is 0. The number of nitrogens with zero attached hydrogens (tertiary/aromatic N) is 2. The van der Waals surface area contributed by atoms with Crippen LogP contribution in [0.3, 0.4) is 0 Å². The fourth-order valence-electron chi connectivity index (χ4n) is 3.65. The molecule has 3 atom stereocenters. The Balaban J connectivity index is 2.42. The highest BCUT2D eigenvalue weighted by atomic mass is 16.1. The van der Waals surface area contributed by atoms with Crippen LogP contribution in [0.4, 0.5) is 0 Å². The van der Waals surface area contributed by atoms with Crippen molar-refractivity contribution in [2.75, 3.05) is 13.6 Å². The van der Waals surface area contributed by atoms with E-state index in [0.717, 1.165) is 35.4 Å². The number of aromatic nitrogens is 2. The van der Waals surface area contributed by atoms with Crippen LogP contribution in [0.15, 0.2) is 23.0 Å². The summed E-state index contributed by atoms with van der Waals surface area (Å²) in [6, 6.07) is 0.882. The van der Waals surface area contributed by atoms with Crippen LogP contribution >= 0.6 is 0 Å². The van der Waals surface area contributed by atoms with E-state index >= 15 is 0 Å². The Bertz CT molecular complexity index is 650. The van der Waals surface area contributed by atoms with Gasteiger partial charge in [0, 0.05) is 18.3 Å². The van der Waals surface area contributed by atoms with Crippen LogP contribution < -0.4 is 5.56 Å². The first-order chi connectivity index (χ1) is 10.2. The van der Waals surface area contributed by atoms with Gasteiger partial charge in [-0.05, 0) is 52.7 Å². The molecule has 1 aliphatic rings. The third kappa shape index (κ3) is 3.12. The lowest BCUT2D eigenvalue weighted by Crippen LogP contribution is -2.44. The summed E-state index contributed by atoms with van der Waals surface area (Å²) in [6.45, 7) is 15.5. The maximum atomic E-state index is 12.4. The van der Waals surface area contributed by atoms with Gasteiger partial charge in [-0.25, -0.2) is 0 Å². The van der Waals surface area contributed by atoms with Crippen molar-refractivity contribution in [2.45, 2.75) is 53.1 Å². The molecule has 1 aliphatic heterocycles. The molecule has 1 fully saturated rings. The van der Waals surface area contributed by atoms with Crippen molar-refractivity contribution in [1.82, 2.24) is 14.7 Å². The van der Waals surface area contributed by atoms with Crippen molar-refractivity contribution in [3.8, 4) is 0 Å². The summed E-state index contributed by atoms with van der Waals surface area (Å²) < 4.78 is 2.10. The average Bonchev–Trinajstić information content (AvgIpc) is 2.68. The minimum atomic E-state index is 0.00582. The molecule has 1 aromatic rings. The maximum absolute atomic E-state index is 12.4. The number of aromatic amines is 1. The summed E-state index contributed by atoms with van der Waals surface area (Å²) in [5, 5.41) is 3.07. The van der Waals surface area contributed by atoms with Gasteiger partial charge in [0.25, 0.3) is 5.56 Å². The summed E-state index contributed by atoms with van der Waals surface area (Å²) in [6.07, 6.45) is 3.04. The van der Waals surface area contributed by atoms with Crippen LogP contribution in [0.5, 0.6) is 0 Å². The van der Waals surface area contributed by atoms with Crippen LogP contribution in [-0.4, -0.2) is 34.3 Å². The van der Waals surface area contributed by atoms with E-state index in [-0.39, 0.29) is 5.56 Å². The Kier molecular flexibility index (Phi) is 4.81. The van der Waals surface area contributed by atoms with E-state index in [0.29, 0.717) is 18.0 Å². The van der Waals surface area contributed by atoms with Gasteiger partial charge >= 0.3 is 0 Å². The van der Waals surface area contributed by atoms with Crippen molar-refractivity contribution >= 4 is 5.57 Å². The number of likely N-dealkylation sites (tertiary alicyclic amines) is 1. The fourth-order valence-corrected chi connectivity index (χ4v) is 3.65. The highest BCUT2D eigenvalue weighted by molar-refractivity contribution is 5.67. The van der Waals surface area contributed by atoms with Crippen molar-refractivity contribution in [3.05, 3.63) is 39.8 Å². The van der Waals surface area contributed by atoms with Gasteiger partial charge in [-0.3, -0.25) is 14.6 Å². The molecule has 0 bridgehead atoms. The molecule has 0 radical (unpaired) electrons. The lowest BCUT2D eigenvalue weighted by molar-refractivity contribution is 0.0997. The van der Waals surface area contributed by atoms with Gasteiger partial charge in [-0.2, -0.15) is 0 Å². The third-order valence-corrected chi connectivity index (χ3v) is 4.93. The van der Waals surface area contributed by atoms with Crippen LogP contribution in [0, 0.1) is 12.8 Å². The van der Waals surface area contributed by atoms with Gasteiger partial charge in [0.05, 0.1) is 11.6 Å². The van der Waals surface area contributed by atoms with E-state index in [4.69, 9.17) is 0 Å². The number of allylic oxidation sites excluding steroid dienone is 3. The first kappa shape index (κ1) is 16.8. The van der Waals surface area contributed by atoms with E-state index in [2.05, 4.69) is 42.2 Å². The molecule has 1 saturated heterocycles. The molecule has 1 aromatic heterocycles. The average molecular weight is 303 g/mol. The topological polar surface area (TPSA) is 41.0 Å². The number of H-pyrrole nitrogens is 1. The number of hydrogen-bond acceptors (Lipinski definition) is 2. The van der Waals surface area contributed by atoms with Crippen molar-refractivity contribution in [2.24, 2.45) is 5.92 Å². The van der Waals surface area contributed by atoms with Crippen LogP contribution in [0.2, 0.25) is 0 Å². The monoisotopic (exact) mass is 303 g/mol. The third-order valence-electron chi connectivity index (χ3n) is 4.93. The second-order valence-corrected chi connectivity index (χ2v) is 7.01.